The van der Waals surface area contributed by atoms with Gasteiger partial charge in [0.25, 0.3) is 0 Å². The standard InChI is InChI=1S/C22H10/c1-5-13-9-15-7-3-12-4-8-16-10-14-6-2-11(1)17-19(13)21(15)18(12)22(16)20(14)17/h1-10H. The van der Waals surface area contributed by atoms with Crippen LogP contribution in [-0.2, 0) is 0 Å². The second kappa shape index (κ2) is 2.86. The Morgan fingerprint density at radius 3 is 0.818 bits per heavy atom. The molecule has 0 amide bonds. The zero-order valence-electron chi connectivity index (χ0n) is 11.8. The molecule has 0 spiro atoms. The van der Waals surface area contributed by atoms with Gasteiger partial charge in [-0.1, -0.05) is 48.5 Å². The van der Waals surface area contributed by atoms with E-state index in [2.05, 4.69) is 60.7 Å². The Morgan fingerprint density at radius 2 is 0.500 bits per heavy atom. The fourth-order valence-electron chi connectivity index (χ4n) is 4.79. The van der Waals surface area contributed by atoms with Gasteiger partial charge >= 0.3 is 0 Å². The maximum atomic E-state index is 2.35. The van der Waals surface area contributed by atoms with E-state index in [1.807, 2.05) is 0 Å². The summed E-state index contributed by atoms with van der Waals surface area (Å²) in [6.45, 7) is 0. The third-order valence-electron chi connectivity index (χ3n) is 5.62. The molecule has 0 saturated heterocycles. The molecule has 22 heavy (non-hydrogen) atoms. The zero-order chi connectivity index (χ0) is 14.0. The third-order valence-corrected chi connectivity index (χ3v) is 5.62. The largest absolute Gasteiger partial charge is 0.0537 e. The van der Waals surface area contributed by atoms with Gasteiger partial charge in [0, 0.05) is 0 Å². The average Bonchev–Trinajstić information content (AvgIpc) is 3.12. The van der Waals surface area contributed by atoms with Gasteiger partial charge in [0.2, 0.25) is 0 Å². The summed E-state index contributed by atoms with van der Waals surface area (Å²) in [5, 5.41) is 17.1. The minimum atomic E-state index is 1.37. The van der Waals surface area contributed by atoms with E-state index in [-0.39, 0.29) is 0 Å². The van der Waals surface area contributed by atoms with Crippen LogP contribution in [0.15, 0.2) is 60.7 Å². The second-order valence-corrected chi connectivity index (χ2v) is 6.60. The van der Waals surface area contributed by atoms with E-state index in [0.717, 1.165) is 0 Å². The molecule has 0 saturated carbocycles. The molecular weight excluding hydrogens is 264 g/mol. The van der Waals surface area contributed by atoms with E-state index in [4.69, 9.17) is 0 Å². The first-order chi connectivity index (χ1) is 10.9. The summed E-state index contributed by atoms with van der Waals surface area (Å²) in [6.07, 6.45) is 0. The van der Waals surface area contributed by atoms with Crippen molar-refractivity contribution in [2.75, 3.05) is 0 Å². The van der Waals surface area contributed by atoms with Crippen LogP contribution >= 0.6 is 0 Å². The summed E-state index contributed by atoms with van der Waals surface area (Å²) in [5.41, 5.74) is 0. The van der Waals surface area contributed by atoms with E-state index in [1.54, 1.807) is 0 Å². The number of hydrogen-bond donors (Lipinski definition) is 0. The molecule has 0 aliphatic heterocycles. The molecule has 0 aliphatic carbocycles. The van der Waals surface area contributed by atoms with E-state index in [0.29, 0.717) is 0 Å². The monoisotopic (exact) mass is 274 g/mol. The lowest BCUT2D eigenvalue weighted by Gasteiger charge is -2.12. The smallest absolute Gasteiger partial charge is 0.00136 e. The highest BCUT2D eigenvalue weighted by Crippen LogP contribution is 2.50. The Bertz CT molecular complexity index is 1240. The van der Waals surface area contributed by atoms with Gasteiger partial charge in [0.05, 0.1) is 0 Å². The van der Waals surface area contributed by atoms with Gasteiger partial charge in [0.15, 0.2) is 0 Å². The number of benzene rings is 5. The van der Waals surface area contributed by atoms with Gasteiger partial charge in [-0.05, 0) is 76.8 Å². The van der Waals surface area contributed by atoms with Crippen LogP contribution in [0.2, 0.25) is 0 Å². The molecule has 0 aliphatic rings. The van der Waals surface area contributed by atoms with E-state index in [9.17, 15) is 0 Å². The van der Waals surface area contributed by atoms with Crippen molar-refractivity contribution < 1.29 is 0 Å². The second-order valence-electron chi connectivity index (χ2n) is 6.60. The summed E-state index contributed by atoms with van der Waals surface area (Å²) < 4.78 is 0. The SMILES string of the molecule is c1cc2cc3ccc4ccc5cc6ccc1c1c2c3c4c5c61. The molecule has 0 heteroatoms. The molecule has 7 aromatic carbocycles. The molecule has 0 aromatic heterocycles. The van der Waals surface area contributed by atoms with Crippen molar-refractivity contribution in [2.45, 2.75) is 0 Å². The summed E-state index contributed by atoms with van der Waals surface area (Å²) in [4.78, 5) is 0. The van der Waals surface area contributed by atoms with Crippen molar-refractivity contribution in [3.8, 4) is 0 Å². The van der Waals surface area contributed by atoms with E-state index >= 15 is 0 Å². The Labute approximate surface area is 125 Å². The van der Waals surface area contributed by atoms with Crippen molar-refractivity contribution >= 4 is 64.6 Å². The van der Waals surface area contributed by atoms with Crippen molar-refractivity contribution in [2.24, 2.45) is 0 Å². The number of hydrogen-bond acceptors (Lipinski definition) is 0. The molecule has 0 nitrogen and oxygen atoms in total. The molecule has 0 bridgehead atoms. The molecule has 0 N–H and O–H groups in total. The third kappa shape index (κ3) is 0.835. The van der Waals surface area contributed by atoms with Gasteiger partial charge in [-0.3, -0.25) is 0 Å². The molecule has 0 atom stereocenters. The minimum absolute atomic E-state index is 1.37. The maximum absolute atomic E-state index is 2.35. The number of rotatable bonds is 0. The predicted octanol–water partition coefficient (Wildman–Crippen LogP) is 6.36. The van der Waals surface area contributed by atoms with Crippen LogP contribution in [0.5, 0.6) is 0 Å². The van der Waals surface area contributed by atoms with Crippen molar-refractivity contribution in [1.82, 2.24) is 0 Å². The van der Waals surface area contributed by atoms with Crippen molar-refractivity contribution in [3.05, 3.63) is 60.7 Å². The van der Waals surface area contributed by atoms with Gasteiger partial charge in [-0.2, -0.15) is 0 Å². The van der Waals surface area contributed by atoms with Crippen LogP contribution in [0.4, 0.5) is 0 Å². The average molecular weight is 274 g/mol. The van der Waals surface area contributed by atoms with Gasteiger partial charge in [-0.25, -0.2) is 0 Å². The lowest BCUT2D eigenvalue weighted by Crippen LogP contribution is -1.84. The molecule has 7 aromatic rings. The molecule has 0 heterocycles. The first kappa shape index (κ1) is 9.97. The van der Waals surface area contributed by atoms with Crippen LogP contribution in [0, 0.1) is 0 Å². The van der Waals surface area contributed by atoms with Crippen molar-refractivity contribution in [3.63, 3.8) is 0 Å². The van der Waals surface area contributed by atoms with Crippen LogP contribution in [0.1, 0.15) is 0 Å². The molecule has 7 rings (SSSR count). The summed E-state index contributed by atoms with van der Waals surface area (Å²) >= 11 is 0. The minimum Gasteiger partial charge on any atom is -0.0537 e. The lowest BCUT2D eigenvalue weighted by molar-refractivity contribution is 1.91. The quantitative estimate of drug-likeness (QED) is 0.223. The highest BCUT2D eigenvalue weighted by atomic mass is 14.2. The molecular formula is C22H10. The Kier molecular flexibility index (Phi) is 1.30. The van der Waals surface area contributed by atoms with E-state index < -0.39 is 0 Å². The summed E-state index contributed by atoms with van der Waals surface area (Å²) in [6, 6.07) is 22.9. The first-order valence-electron chi connectivity index (χ1n) is 7.80. The van der Waals surface area contributed by atoms with Crippen LogP contribution in [0.3, 0.4) is 0 Å². The fraction of sp³-hybridized carbons (Fsp3) is 0. The zero-order valence-corrected chi connectivity index (χ0v) is 11.8. The molecule has 0 unspecified atom stereocenters. The van der Waals surface area contributed by atoms with Crippen LogP contribution in [-0.4, -0.2) is 0 Å². The molecule has 0 radical (unpaired) electrons. The molecule has 0 fully saturated rings. The van der Waals surface area contributed by atoms with Gasteiger partial charge < -0.3 is 0 Å². The Balaban J connectivity index is 2.15. The van der Waals surface area contributed by atoms with Crippen LogP contribution < -0.4 is 0 Å². The molecule has 98 valence electrons. The van der Waals surface area contributed by atoms with Gasteiger partial charge in [-0.15, -0.1) is 0 Å². The van der Waals surface area contributed by atoms with Gasteiger partial charge in [0.1, 0.15) is 0 Å². The highest BCUT2D eigenvalue weighted by molar-refractivity contribution is 6.46. The normalized spacial score (nSPS) is 13.5. The van der Waals surface area contributed by atoms with E-state index in [1.165, 1.54) is 64.6 Å². The Hall–Kier alpha value is -2.86. The summed E-state index contributed by atoms with van der Waals surface area (Å²) in [7, 11) is 0. The first-order valence-corrected chi connectivity index (χ1v) is 7.80. The fourth-order valence-corrected chi connectivity index (χ4v) is 4.79. The summed E-state index contributed by atoms with van der Waals surface area (Å²) in [5.74, 6) is 0. The van der Waals surface area contributed by atoms with Crippen molar-refractivity contribution in [1.29, 1.82) is 0 Å². The highest BCUT2D eigenvalue weighted by Gasteiger charge is 2.21. The Morgan fingerprint density at radius 1 is 0.273 bits per heavy atom. The predicted molar refractivity (Wildman–Crippen MR) is 96.2 cm³/mol. The maximum Gasteiger partial charge on any atom is -0.00136 e. The lowest BCUT2D eigenvalue weighted by atomic mass is 9.90. The topological polar surface area (TPSA) is 0 Å². The van der Waals surface area contributed by atoms with Crippen LogP contribution in [0.25, 0.3) is 64.6 Å².